The summed E-state index contributed by atoms with van der Waals surface area (Å²) in [6, 6.07) is 4.99. The number of rotatable bonds is 1. The van der Waals surface area contributed by atoms with Gasteiger partial charge in [-0.15, -0.1) is 0 Å². The summed E-state index contributed by atoms with van der Waals surface area (Å²) >= 11 is 5.83. The second-order valence-corrected chi connectivity index (χ2v) is 3.70. The van der Waals surface area contributed by atoms with Crippen molar-refractivity contribution in [3.05, 3.63) is 44.4 Å². The van der Waals surface area contributed by atoms with E-state index in [9.17, 15) is 10.0 Å². The second kappa shape index (κ2) is 3.79. The van der Waals surface area contributed by atoms with Crippen molar-refractivity contribution in [1.82, 2.24) is 0 Å². The lowest BCUT2D eigenvalue weighted by molar-refractivity contribution is 0.292. The lowest BCUT2D eigenvalue weighted by Crippen LogP contribution is -2.17. The Morgan fingerprint density at radius 3 is 2.81 bits per heavy atom. The van der Waals surface area contributed by atoms with Crippen molar-refractivity contribution >= 4 is 28.3 Å². The maximum Gasteiger partial charge on any atom is 0.363 e. The van der Waals surface area contributed by atoms with Crippen LogP contribution >= 0.6 is 11.6 Å². The first-order valence-corrected chi connectivity index (χ1v) is 4.77. The average molecular weight is 241 g/mol. The molecule has 0 saturated heterocycles. The Morgan fingerprint density at radius 2 is 2.19 bits per heavy atom. The molecule has 0 aliphatic heterocycles. The Bertz CT molecular complexity index is 606. The van der Waals surface area contributed by atoms with Gasteiger partial charge in [-0.3, -0.25) is 5.21 Å². The van der Waals surface area contributed by atoms with Gasteiger partial charge in [0.15, 0.2) is 5.69 Å². The van der Waals surface area contributed by atoms with Gasteiger partial charge in [-0.25, -0.2) is 4.79 Å². The van der Waals surface area contributed by atoms with Crippen molar-refractivity contribution in [1.29, 1.82) is 0 Å². The minimum absolute atomic E-state index is 0.122. The summed E-state index contributed by atoms with van der Waals surface area (Å²) in [6.45, 7) is 1.83. The molecule has 84 valence electrons. The predicted octanol–water partition coefficient (Wildman–Crippen LogP) is 2.45. The van der Waals surface area contributed by atoms with E-state index in [0.717, 1.165) is 5.56 Å². The van der Waals surface area contributed by atoms with Gasteiger partial charge < -0.3 is 14.9 Å². The predicted molar refractivity (Wildman–Crippen MR) is 59.9 cm³/mol. The van der Waals surface area contributed by atoms with Gasteiger partial charge in [-0.05, 0) is 24.6 Å². The molecule has 5 nitrogen and oxygen atoms in total. The number of hydrogen-bond acceptors (Lipinski definition) is 5. The number of benzene rings is 1. The zero-order valence-electron chi connectivity index (χ0n) is 8.23. The standard InChI is InChI=1S/C10H7ClNO4/c1-5-2-3-6-7(4-5)16-10(13)9(8(6)11)12(14)15/h2-4,14H,1H3/q-1. The van der Waals surface area contributed by atoms with E-state index >= 15 is 0 Å². The Morgan fingerprint density at radius 1 is 1.50 bits per heavy atom. The second-order valence-electron chi connectivity index (χ2n) is 3.32. The number of anilines is 1. The SMILES string of the molecule is Cc1ccc2c(Cl)c(N([O-])O)c(=O)oc2c1. The normalized spacial score (nSPS) is 10.8. The summed E-state index contributed by atoms with van der Waals surface area (Å²) in [7, 11) is 0. The first-order chi connectivity index (χ1) is 7.50. The Labute approximate surface area is 95.0 Å². The van der Waals surface area contributed by atoms with Crippen LogP contribution in [0.1, 0.15) is 5.56 Å². The van der Waals surface area contributed by atoms with E-state index in [2.05, 4.69) is 0 Å². The fourth-order valence-corrected chi connectivity index (χ4v) is 1.73. The topological polar surface area (TPSA) is 76.7 Å². The minimum Gasteiger partial charge on any atom is -0.733 e. The van der Waals surface area contributed by atoms with Crippen LogP contribution in [0.3, 0.4) is 0 Å². The van der Waals surface area contributed by atoms with Crippen molar-refractivity contribution in [2.45, 2.75) is 6.92 Å². The molecule has 1 heterocycles. The molecular formula is C10H7ClNO4-. The molecule has 0 fully saturated rings. The molecular weight excluding hydrogens is 234 g/mol. The van der Waals surface area contributed by atoms with Crippen LogP contribution in [0.15, 0.2) is 27.4 Å². The smallest absolute Gasteiger partial charge is 0.363 e. The number of hydrogen-bond donors (Lipinski definition) is 1. The quantitative estimate of drug-likeness (QED) is 0.612. The van der Waals surface area contributed by atoms with E-state index in [0.29, 0.717) is 5.39 Å². The highest BCUT2D eigenvalue weighted by Crippen LogP contribution is 2.29. The van der Waals surface area contributed by atoms with Crippen LogP contribution in [0, 0.1) is 12.1 Å². The average Bonchev–Trinajstić information content (AvgIpc) is 2.15. The van der Waals surface area contributed by atoms with Crippen molar-refractivity contribution in [2.75, 3.05) is 5.23 Å². The number of nitrogens with zero attached hydrogens (tertiary/aromatic N) is 1. The van der Waals surface area contributed by atoms with Gasteiger partial charge in [-0.2, -0.15) is 0 Å². The summed E-state index contributed by atoms with van der Waals surface area (Å²) < 4.78 is 4.87. The molecule has 0 atom stereocenters. The van der Waals surface area contributed by atoms with Crippen LogP contribution in [-0.2, 0) is 0 Å². The molecule has 0 unspecified atom stereocenters. The summed E-state index contributed by atoms with van der Waals surface area (Å²) in [5, 5.41) is 19.1. The van der Waals surface area contributed by atoms with Crippen LogP contribution in [0.5, 0.6) is 0 Å². The van der Waals surface area contributed by atoms with Crippen LogP contribution in [0.4, 0.5) is 5.69 Å². The number of fused-ring (bicyclic) bond motifs is 1. The molecule has 0 saturated carbocycles. The first-order valence-electron chi connectivity index (χ1n) is 4.40. The van der Waals surface area contributed by atoms with Gasteiger partial charge in [-0.1, -0.05) is 17.7 Å². The maximum absolute atomic E-state index is 11.4. The summed E-state index contributed by atoms with van der Waals surface area (Å²) in [5.41, 5.74) is -0.415. The van der Waals surface area contributed by atoms with Crippen molar-refractivity contribution in [3.63, 3.8) is 0 Å². The maximum atomic E-state index is 11.4. The third-order valence-electron chi connectivity index (χ3n) is 2.17. The first kappa shape index (κ1) is 10.9. The van der Waals surface area contributed by atoms with Gasteiger partial charge in [0.05, 0.1) is 5.02 Å². The molecule has 0 spiro atoms. The van der Waals surface area contributed by atoms with Crippen molar-refractivity contribution in [2.24, 2.45) is 0 Å². The zero-order valence-corrected chi connectivity index (χ0v) is 8.99. The lowest BCUT2D eigenvalue weighted by Gasteiger charge is -2.21. The molecule has 16 heavy (non-hydrogen) atoms. The molecule has 1 N–H and O–H groups in total. The van der Waals surface area contributed by atoms with Gasteiger partial charge in [0.25, 0.3) is 0 Å². The molecule has 2 aromatic rings. The molecule has 0 radical (unpaired) electrons. The van der Waals surface area contributed by atoms with Crippen LogP contribution < -0.4 is 10.9 Å². The zero-order chi connectivity index (χ0) is 11.9. The van der Waals surface area contributed by atoms with Crippen molar-refractivity contribution < 1.29 is 9.62 Å². The monoisotopic (exact) mass is 240 g/mol. The van der Waals surface area contributed by atoms with Gasteiger partial charge >= 0.3 is 5.63 Å². The van der Waals surface area contributed by atoms with E-state index in [1.165, 1.54) is 0 Å². The Balaban J connectivity index is 2.89. The van der Waals surface area contributed by atoms with E-state index in [4.69, 9.17) is 21.2 Å². The third-order valence-corrected chi connectivity index (χ3v) is 2.55. The van der Waals surface area contributed by atoms with Crippen molar-refractivity contribution in [3.8, 4) is 0 Å². The van der Waals surface area contributed by atoms with Gasteiger partial charge in [0.2, 0.25) is 0 Å². The van der Waals surface area contributed by atoms with E-state index in [1.54, 1.807) is 18.2 Å². The fraction of sp³-hybridized carbons (Fsp3) is 0.100. The molecule has 1 aromatic heterocycles. The van der Waals surface area contributed by atoms with E-state index in [-0.39, 0.29) is 10.6 Å². The number of halogens is 1. The molecule has 1 aromatic carbocycles. The summed E-state index contributed by atoms with van der Waals surface area (Å²) in [6.07, 6.45) is 0. The molecule has 0 aliphatic rings. The molecule has 0 amide bonds. The summed E-state index contributed by atoms with van der Waals surface area (Å²) in [4.78, 5) is 11.4. The minimum atomic E-state index is -0.972. The van der Waals surface area contributed by atoms with Crippen LogP contribution in [0.25, 0.3) is 11.0 Å². The van der Waals surface area contributed by atoms with Crippen LogP contribution in [-0.4, -0.2) is 5.21 Å². The molecule has 6 heteroatoms. The Kier molecular flexibility index (Phi) is 2.59. The van der Waals surface area contributed by atoms with Gasteiger partial charge in [0.1, 0.15) is 5.58 Å². The number of aryl methyl sites for hydroxylation is 1. The largest absolute Gasteiger partial charge is 0.733 e. The lowest BCUT2D eigenvalue weighted by atomic mass is 10.1. The highest BCUT2D eigenvalue weighted by atomic mass is 35.5. The van der Waals surface area contributed by atoms with E-state index in [1.807, 2.05) is 6.92 Å². The molecule has 2 rings (SSSR count). The van der Waals surface area contributed by atoms with Crippen LogP contribution in [0.2, 0.25) is 5.02 Å². The Hall–Kier alpha value is -1.56. The molecule has 0 aliphatic carbocycles. The third kappa shape index (κ3) is 1.65. The fourth-order valence-electron chi connectivity index (χ4n) is 1.42. The highest BCUT2D eigenvalue weighted by molar-refractivity contribution is 6.37. The molecule has 0 bridgehead atoms. The summed E-state index contributed by atoms with van der Waals surface area (Å²) in [5.74, 6) is 0. The van der Waals surface area contributed by atoms with E-state index < -0.39 is 16.5 Å². The van der Waals surface area contributed by atoms with Gasteiger partial charge in [0, 0.05) is 5.39 Å². The highest BCUT2D eigenvalue weighted by Gasteiger charge is 2.13.